The zero-order valence-electron chi connectivity index (χ0n) is 11.6. The van der Waals surface area contributed by atoms with E-state index in [0.29, 0.717) is 13.0 Å². The van der Waals surface area contributed by atoms with Crippen molar-refractivity contribution in [1.29, 1.82) is 0 Å². The number of amides is 1. The second kappa shape index (κ2) is 5.79. The average Bonchev–Trinajstić information content (AvgIpc) is 2.93. The minimum absolute atomic E-state index is 0.0457. The zero-order valence-corrected chi connectivity index (χ0v) is 11.6. The van der Waals surface area contributed by atoms with Crippen molar-refractivity contribution in [2.24, 2.45) is 5.73 Å². The molecule has 1 heterocycles. The molecular weight excluding hydrogens is 256 g/mol. The monoisotopic (exact) mass is 274 g/mol. The summed E-state index contributed by atoms with van der Waals surface area (Å²) in [6.07, 6.45) is 1.84. The molecule has 2 rings (SSSR count). The molecule has 0 spiro atoms. The number of rotatable bonds is 5. The Balaban J connectivity index is 1.99. The molecule has 0 fully saturated rings. The minimum atomic E-state index is -0.385. The van der Waals surface area contributed by atoms with Crippen LogP contribution in [0.15, 0.2) is 30.6 Å². The van der Waals surface area contributed by atoms with E-state index in [2.05, 4.69) is 20.8 Å². The van der Waals surface area contributed by atoms with Crippen LogP contribution in [0, 0.1) is 0 Å². The molecule has 0 saturated heterocycles. The van der Waals surface area contributed by atoms with Crippen molar-refractivity contribution in [3.05, 3.63) is 36.2 Å². The van der Waals surface area contributed by atoms with Gasteiger partial charge in [0.1, 0.15) is 6.33 Å². The number of aromatic nitrogens is 4. The maximum absolute atomic E-state index is 11.9. The van der Waals surface area contributed by atoms with Crippen molar-refractivity contribution in [1.82, 2.24) is 25.5 Å². The number of nitrogens with two attached hydrogens (primary N) is 1. The summed E-state index contributed by atoms with van der Waals surface area (Å²) < 4.78 is 1.56. The van der Waals surface area contributed by atoms with Gasteiger partial charge in [-0.25, -0.2) is 4.68 Å². The lowest BCUT2D eigenvalue weighted by molar-refractivity contribution is -0.121. The molecule has 0 aliphatic rings. The van der Waals surface area contributed by atoms with Crippen LogP contribution in [0.25, 0.3) is 5.69 Å². The molecule has 20 heavy (non-hydrogen) atoms. The van der Waals surface area contributed by atoms with Crippen molar-refractivity contribution < 1.29 is 4.79 Å². The van der Waals surface area contributed by atoms with Crippen molar-refractivity contribution in [2.75, 3.05) is 6.54 Å². The van der Waals surface area contributed by atoms with Crippen molar-refractivity contribution in [3.63, 3.8) is 0 Å². The molecule has 3 N–H and O–H groups in total. The topological polar surface area (TPSA) is 98.7 Å². The molecule has 1 aromatic heterocycles. The van der Waals surface area contributed by atoms with Crippen LogP contribution in [0.1, 0.15) is 19.4 Å². The number of nitrogens with zero attached hydrogens (tertiary/aromatic N) is 4. The molecule has 1 aromatic carbocycles. The Morgan fingerprint density at radius 2 is 2.05 bits per heavy atom. The molecule has 7 heteroatoms. The van der Waals surface area contributed by atoms with Crippen LogP contribution in [-0.4, -0.2) is 38.2 Å². The van der Waals surface area contributed by atoms with Gasteiger partial charge >= 0.3 is 0 Å². The van der Waals surface area contributed by atoms with Gasteiger partial charge < -0.3 is 11.1 Å². The zero-order chi connectivity index (χ0) is 14.6. The molecule has 0 atom stereocenters. The molecule has 0 aliphatic carbocycles. The summed E-state index contributed by atoms with van der Waals surface area (Å²) in [6, 6.07) is 7.50. The van der Waals surface area contributed by atoms with Gasteiger partial charge in [-0.05, 0) is 42.0 Å². The number of benzene rings is 1. The fourth-order valence-electron chi connectivity index (χ4n) is 1.70. The van der Waals surface area contributed by atoms with Gasteiger partial charge in [0.15, 0.2) is 0 Å². The predicted octanol–water partition coefficient (Wildman–Crippen LogP) is 0.0583. The summed E-state index contributed by atoms with van der Waals surface area (Å²) in [7, 11) is 0. The predicted molar refractivity (Wildman–Crippen MR) is 74.1 cm³/mol. The highest BCUT2D eigenvalue weighted by Crippen LogP contribution is 2.09. The lowest BCUT2D eigenvalue weighted by atomic mass is 10.0. The third kappa shape index (κ3) is 3.61. The number of carbonyl (C=O) groups is 1. The number of hydrogen-bond acceptors (Lipinski definition) is 5. The molecule has 1 amide bonds. The molecule has 0 radical (unpaired) electrons. The number of tetrazole rings is 1. The highest BCUT2D eigenvalue weighted by atomic mass is 16.1. The van der Waals surface area contributed by atoms with E-state index >= 15 is 0 Å². The first kappa shape index (κ1) is 14.1. The van der Waals surface area contributed by atoms with Gasteiger partial charge in [0.05, 0.1) is 12.1 Å². The van der Waals surface area contributed by atoms with E-state index in [1.165, 1.54) is 6.33 Å². The second-order valence-corrected chi connectivity index (χ2v) is 5.23. The quantitative estimate of drug-likeness (QED) is 0.803. The average molecular weight is 274 g/mol. The van der Waals surface area contributed by atoms with E-state index in [4.69, 9.17) is 5.73 Å². The van der Waals surface area contributed by atoms with Gasteiger partial charge in [0, 0.05) is 12.1 Å². The normalized spacial score (nSPS) is 11.3. The van der Waals surface area contributed by atoms with Crippen LogP contribution in [0.2, 0.25) is 0 Å². The summed E-state index contributed by atoms with van der Waals surface area (Å²) in [6.45, 7) is 4.19. The van der Waals surface area contributed by atoms with Crippen LogP contribution >= 0.6 is 0 Å². The fourth-order valence-corrected chi connectivity index (χ4v) is 1.70. The van der Waals surface area contributed by atoms with Gasteiger partial charge in [-0.1, -0.05) is 12.1 Å². The maximum Gasteiger partial charge on any atom is 0.224 e. The van der Waals surface area contributed by atoms with Crippen molar-refractivity contribution >= 4 is 5.91 Å². The van der Waals surface area contributed by atoms with E-state index in [1.807, 2.05) is 38.1 Å². The molecule has 0 aliphatic heterocycles. The van der Waals surface area contributed by atoms with E-state index in [0.717, 1.165) is 11.3 Å². The number of hydrogen-bond donors (Lipinski definition) is 2. The van der Waals surface area contributed by atoms with Crippen molar-refractivity contribution in [2.45, 2.75) is 25.8 Å². The van der Waals surface area contributed by atoms with E-state index in [9.17, 15) is 4.79 Å². The molecular formula is C13H18N6O. The first-order chi connectivity index (χ1) is 9.50. The molecule has 0 unspecified atom stereocenters. The smallest absolute Gasteiger partial charge is 0.224 e. The van der Waals surface area contributed by atoms with Crippen LogP contribution in [0.5, 0.6) is 0 Å². The van der Waals surface area contributed by atoms with Crippen molar-refractivity contribution in [3.8, 4) is 5.69 Å². The lowest BCUT2D eigenvalue weighted by Gasteiger charge is -2.24. The van der Waals surface area contributed by atoms with Crippen LogP contribution in [0.3, 0.4) is 0 Å². The van der Waals surface area contributed by atoms with Crippen LogP contribution < -0.4 is 11.1 Å². The van der Waals surface area contributed by atoms with E-state index < -0.39 is 0 Å². The molecule has 0 bridgehead atoms. The Kier molecular flexibility index (Phi) is 4.09. The lowest BCUT2D eigenvalue weighted by Crippen LogP contribution is -2.49. The molecule has 7 nitrogen and oxygen atoms in total. The highest BCUT2D eigenvalue weighted by Gasteiger charge is 2.18. The van der Waals surface area contributed by atoms with Gasteiger partial charge in [0.25, 0.3) is 0 Å². The maximum atomic E-state index is 11.9. The first-order valence-electron chi connectivity index (χ1n) is 6.33. The standard InChI is InChI=1S/C13H18N6O/c1-13(2,8-14)16-12(20)7-10-3-5-11(6-4-10)19-9-15-17-18-19/h3-6,9H,7-8,14H2,1-2H3,(H,16,20). The highest BCUT2D eigenvalue weighted by molar-refractivity contribution is 5.79. The summed E-state index contributed by atoms with van der Waals surface area (Å²) in [5.41, 5.74) is 6.97. The Labute approximate surface area is 117 Å². The molecule has 0 saturated carbocycles. The van der Waals surface area contributed by atoms with E-state index in [1.54, 1.807) is 4.68 Å². The largest absolute Gasteiger partial charge is 0.350 e. The Morgan fingerprint density at radius 3 is 2.60 bits per heavy atom. The Bertz CT molecular complexity index is 561. The number of nitrogens with one attached hydrogen (secondary N) is 1. The minimum Gasteiger partial charge on any atom is -0.350 e. The van der Waals surface area contributed by atoms with Crippen LogP contribution in [0.4, 0.5) is 0 Å². The van der Waals surface area contributed by atoms with Gasteiger partial charge in [-0.15, -0.1) is 5.10 Å². The molecule has 106 valence electrons. The van der Waals surface area contributed by atoms with Gasteiger partial charge in [-0.3, -0.25) is 4.79 Å². The third-order valence-corrected chi connectivity index (χ3v) is 2.90. The van der Waals surface area contributed by atoms with Gasteiger partial charge in [-0.2, -0.15) is 0 Å². The van der Waals surface area contributed by atoms with Gasteiger partial charge in [0.2, 0.25) is 5.91 Å². The van der Waals surface area contributed by atoms with E-state index in [-0.39, 0.29) is 11.4 Å². The molecule has 2 aromatic rings. The summed E-state index contributed by atoms with van der Waals surface area (Å²) in [5, 5.41) is 13.8. The SMILES string of the molecule is CC(C)(CN)NC(=O)Cc1ccc(-n2cnnn2)cc1. The van der Waals surface area contributed by atoms with Crippen LogP contribution in [-0.2, 0) is 11.2 Å². The first-order valence-corrected chi connectivity index (χ1v) is 6.33. The second-order valence-electron chi connectivity index (χ2n) is 5.23. The summed E-state index contributed by atoms with van der Waals surface area (Å²) in [5.74, 6) is -0.0457. The number of carbonyl (C=O) groups excluding carboxylic acids is 1. The Morgan fingerprint density at radius 1 is 1.35 bits per heavy atom. The third-order valence-electron chi connectivity index (χ3n) is 2.90. The fraction of sp³-hybridized carbons (Fsp3) is 0.385. The summed E-state index contributed by atoms with van der Waals surface area (Å²) >= 11 is 0. The Hall–Kier alpha value is -2.28. The summed E-state index contributed by atoms with van der Waals surface area (Å²) in [4.78, 5) is 11.9.